The van der Waals surface area contributed by atoms with Gasteiger partial charge in [0.15, 0.2) is 0 Å². The van der Waals surface area contributed by atoms with Crippen LogP contribution in [-0.4, -0.2) is 11.8 Å². The lowest BCUT2D eigenvalue weighted by Gasteiger charge is -2.09. The molecule has 2 aromatic carbocycles. The number of amides is 2. The Balaban J connectivity index is 1.38. The van der Waals surface area contributed by atoms with Crippen molar-refractivity contribution in [3.63, 3.8) is 0 Å². The maximum absolute atomic E-state index is 13.8. The minimum absolute atomic E-state index is 0.0327. The van der Waals surface area contributed by atoms with Crippen molar-refractivity contribution in [3.8, 4) is 0 Å². The second kappa shape index (κ2) is 6.31. The van der Waals surface area contributed by atoms with Crippen LogP contribution in [-0.2, 0) is 9.59 Å². The normalized spacial score (nSPS) is 21.5. The third-order valence-electron chi connectivity index (χ3n) is 4.78. The number of carbonyl (C=O) groups excluding carboxylic acids is 2. The van der Waals surface area contributed by atoms with Crippen LogP contribution in [0.25, 0.3) is 0 Å². The standard InChI is InChI=1S/C20H19FN2O2/c21-18-7-2-1-6-15(18)16-11-17(16)20(25)23-14-5-3-4-13(10-14)22-19(24)12-8-9-12/h1-7,10,12,16-17H,8-9,11H2,(H,22,24)(H,23,25). The van der Waals surface area contributed by atoms with E-state index in [2.05, 4.69) is 10.6 Å². The Bertz CT molecular complexity index is 832. The van der Waals surface area contributed by atoms with Crippen LogP contribution in [0, 0.1) is 17.7 Å². The lowest BCUT2D eigenvalue weighted by atomic mass is 10.1. The Kier molecular flexibility index (Phi) is 3.99. The van der Waals surface area contributed by atoms with Crippen LogP contribution >= 0.6 is 0 Å². The minimum atomic E-state index is -0.257. The van der Waals surface area contributed by atoms with E-state index in [1.54, 1.807) is 42.5 Å². The molecule has 2 aliphatic carbocycles. The molecule has 25 heavy (non-hydrogen) atoms. The summed E-state index contributed by atoms with van der Waals surface area (Å²) in [4.78, 5) is 24.2. The van der Waals surface area contributed by atoms with Gasteiger partial charge in [0.2, 0.25) is 11.8 Å². The molecule has 4 nitrogen and oxygen atoms in total. The van der Waals surface area contributed by atoms with Gasteiger partial charge < -0.3 is 10.6 Å². The Morgan fingerprint density at radius 2 is 1.60 bits per heavy atom. The maximum Gasteiger partial charge on any atom is 0.228 e. The summed E-state index contributed by atoms with van der Waals surface area (Å²) in [5.74, 6) is -0.469. The summed E-state index contributed by atoms with van der Waals surface area (Å²) >= 11 is 0. The highest BCUT2D eigenvalue weighted by molar-refractivity contribution is 5.97. The van der Waals surface area contributed by atoms with Crippen molar-refractivity contribution in [1.29, 1.82) is 0 Å². The molecule has 0 aromatic heterocycles. The fourth-order valence-corrected chi connectivity index (χ4v) is 3.10. The highest BCUT2D eigenvalue weighted by Crippen LogP contribution is 2.48. The molecule has 2 aliphatic rings. The topological polar surface area (TPSA) is 58.2 Å². The summed E-state index contributed by atoms with van der Waals surface area (Å²) in [5.41, 5.74) is 1.92. The SMILES string of the molecule is O=C(Nc1cccc(NC(=O)C2CC2c2ccccc2F)c1)C1CC1. The number of halogens is 1. The Labute approximate surface area is 145 Å². The van der Waals surface area contributed by atoms with Crippen LogP contribution < -0.4 is 10.6 Å². The van der Waals surface area contributed by atoms with Crippen molar-refractivity contribution in [2.75, 3.05) is 10.6 Å². The average Bonchev–Trinajstić information content (AvgIpc) is 3.47. The van der Waals surface area contributed by atoms with Crippen LogP contribution in [0.3, 0.4) is 0 Å². The van der Waals surface area contributed by atoms with E-state index in [1.165, 1.54) is 6.07 Å². The molecule has 0 radical (unpaired) electrons. The minimum Gasteiger partial charge on any atom is -0.326 e. The van der Waals surface area contributed by atoms with Gasteiger partial charge in [-0.3, -0.25) is 9.59 Å². The van der Waals surface area contributed by atoms with E-state index in [0.29, 0.717) is 23.4 Å². The maximum atomic E-state index is 13.8. The molecule has 2 amide bonds. The molecule has 2 aromatic rings. The van der Waals surface area contributed by atoms with Crippen molar-refractivity contribution in [1.82, 2.24) is 0 Å². The van der Waals surface area contributed by atoms with Crippen LogP contribution in [0.15, 0.2) is 48.5 Å². The molecule has 2 unspecified atom stereocenters. The first-order chi connectivity index (χ1) is 12.1. The van der Waals surface area contributed by atoms with Crippen molar-refractivity contribution < 1.29 is 14.0 Å². The van der Waals surface area contributed by atoms with E-state index in [4.69, 9.17) is 0 Å². The first-order valence-electron chi connectivity index (χ1n) is 8.58. The first kappa shape index (κ1) is 15.8. The molecule has 5 heteroatoms. The van der Waals surface area contributed by atoms with Crippen molar-refractivity contribution >= 4 is 23.2 Å². The summed E-state index contributed by atoms with van der Waals surface area (Å²) in [6.07, 6.45) is 2.55. The molecule has 4 rings (SSSR count). The van der Waals surface area contributed by atoms with E-state index in [1.807, 2.05) is 0 Å². The highest BCUT2D eigenvalue weighted by Gasteiger charge is 2.45. The third-order valence-corrected chi connectivity index (χ3v) is 4.78. The predicted molar refractivity (Wildman–Crippen MR) is 93.7 cm³/mol. The quantitative estimate of drug-likeness (QED) is 0.868. The zero-order valence-corrected chi connectivity index (χ0v) is 13.7. The first-order valence-corrected chi connectivity index (χ1v) is 8.58. The summed E-state index contributed by atoms with van der Waals surface area (Å²) in [6, 6.07) is 13.7. The largest absolute Gasteiger partial charge is 0.326 e. The van der Waals surface area contributed by atoms with Gasteiger partial charge in [-0.15, -0.1) is 0 Å². The van der Waals surface area contributed by atoms with Crippen LogP contribution in [0.1, 0.15) is 30.7 Å². The fourth-order valence-electron chi connectivity index (χ4n) is 3.10. The molecule has 2 N–H and O–H groups in total. The number of hydrogen-bond donors (Lipinski definition) is 2. The predicted octanol–water partition coefficient (Wildman–Crippen LogP) is 3.92. The molecule has 2 fully saturated rings. The van der Waals surface area contributed by atoms with Crippen molar-refractivity contribution in [2.24, 2.45) is 11.8 Å². The van der Waals surface area contributed by atoms with Gasteiger partial charge in [0, 0.05) is 23.2 Å². The number of rotatable bonds is 5. The molecule has 0 bridgehead atoms. The van der Waals surface area contributed by atoms with E-state index >= 15 is 0 Å². The Morgan fingerprint density at radius 1 is 0.920 bits per heavy atom. The average molecular weight is 338 g/mol. The molecule has 128 valence electrons. The van der Waals surface area contributed by atoms with Crippen molar-refractivity contribution in [2.45, 2.75) is 25.2 Å². The number of carbonyl (C=O) groups is 2. The lowest BCUT2D eigenvalue weighted by molar-refractivity contribution is -0.118. The molecule has 0 aliphatic heterocycles. The Morgan fingerprint density at radius 3 is 2.28 bits per heavy atom. The zero-order valence-electron chi connectivity index (χ0n) is 13.7. The molecule has 0 spiro atoms. The molecule has 2 saturated carbocycles. The van der Waals surface area contributed by atoms with Gasteiger partial charge in [-0.1, -0.05) is 24.3 Å². The van der Waals surface area contributed by atoms with Crippen LogP contribution in [0.2, 0.25) is 0 Å². The number of benzene rings is 2. The molecular weight excluding hydrogens is 319 g/mol. The van der Waals surface area contributed by atoms with Crippen LogP contribution in [0.4, 0.5) is 15.8 Å². The van der Waals surface area contributed by atoms with Gasteiger partial charge in [-0.25, -0.2) is 4.39 Å². The zero-order chi connectivity index (χ0) is 17.4. The van der Waals surface area contributed by atoms with Crippen LogP contribution in [0.5, 0.6) is 0 Å². The molecule has 0 heterocycles. The van der Waals surface area contributed by atoms with Gasteiger partial charge in [0.1, 0.15) is 5.82 Å². The third kappa shape index (κ3) is 3.55. The van der Waals surface area contributed by atoms with Gasteiger partial charge in [0.25, 0.3) is 0 Å². The molecular formula is C20H19FN2O2. The summed E-state index contributed by atoms with van der Waals surface area (Å²) in [6.45, 7) is 0. The van der Waals surface area contributed by atoms with Gasteiger partial charge in [0.05, 0.1) is 0 Å². The fraction of sp³-hybridized carbons (Fsp3) is 0.300. The monoisotopic (exact) mass is 338 g/mol. The van der Waals surface area contributed by atoms with Gasteiger partial charge in [-0.2, -0.15) is 0 Å². The second-order valence-electron chi connectivity index (χ2n) is 6.80. The Hall–Kier alpha value is -2.69. The molecule has 0 saturated heterocycles. The smallest absolute Gasteiger partial charge is 0.228 e. The summed E-state index contributed by atoms with van der Waals surface area (Å²) in [5, 5.41) is 5.73. The lowest BCUT2D eigenvalue weighted by Crippen LogP contribution is -2.16. The van der Waals surface area contributed by atoms with Gasteiger partial charge >= 0.3 is 0 Å². The van der Waals surface area contributed by atoms with Gasteiger partial charge in [-0.05, 0) is 55.0 Å². The van der Waals surface area contributed by atoms with E-state index < -0.39 is 0 Å². The molecule has 2 atom stereocenters. The van der Waals surface area contributed by atoms with Crippen molar-refractivity contribution in [3.05, 3.63) is 59.9 Å². The summed E-state index contributed by atoms with van der Waals surface area (Å²) < 4.78 is 13.8. The second-order valence-corrected chi connectivity index (χ2v) is 6.80. The van der Waals surface area contributed by atoms with E-state index in [9.17, 15) is 14.0 Å². The summed E-state index contributed by atoms with van der Waals surface area (Å²) in [7, 11) is 0. The number of nitrogens with one attached hydrogen (secondary N) is 2. The number of anilines is 2. The highest BCUT2D eigenvalue weighted by atomic mass is 19.1. The number of hydrogen-bond acceptors (Lipinski definition) is 2. The van der Waals surface area contributed by atoms with E-state index in [0.717, 1.165) is 12.8 Å². The van der Waals surface area contributed by atoms with E-state index in [-0.39, 0.29) is 35.4 Å².